The Kier molecular flexibility index (Phi) is 4.96. The van der Waals surface area contributed by atoms with Gasteiger partial charge in [0.05, 0.1) is 18.7 Å². The van der Waals surface area contributed by atoms with E-state index in [0.29, 0.717) is 31.5 Å². The Bertz CT molecular complexity index is 1000. The number of amides is 1. The number of piperidine rings is 1. The van der Waals surface area contributed by atoms with Gasteiger partial charge in [-0.15, -0.1) is 0 Å². The molecular weight excluding hydrogens is 368 g/mol. The third-order valence-electron chi connectivity index (χ3n) is 5.79. The van der Waals surface area contributed by atoms with Crippen molar-refractivity contribution in [2.45, 2.75) is 18.3 Å². The molecule has 3 aromatic rings. The number of nitrogens with zero attached hydrogens (tertiary/aromatic N) is 4. The van der Waals surface area contributed by atoms with Crippen LogP contribution in [-0.2, 0) is 22.0 Å². The summed E-state index contributed by atoms with van der Waals surface area (Å²) >= 11 is 0. The standard InChI is InChI=1S/C22H24N4O3/c1-24-19(25-12-6-7-13-25)18(16-23-24)20(27)26-14-10-22(11-15-26,21(28)29-2)17-8-4-3-5-9-17/h3-9,12-13,16H,10-11,14-15H2,1-2H3. The highest BCUT2D eigenvalue weighted by Crippen LogP contribution is 2.37. The summed E-state index contributed by atoms with van der Waals surface area (Å²) in [5.74, 6) is 0.409. The Labute approximate surface area is 169 Å². The number of likely N-dealkylation sites (tertiary alicyclic amines) is 1. The predicted octanol–water partition coefficient (Wildman–Crippen LogP) is 2.56. The van der Waals surface area contributed by atoms with Gasteiger partial charge < -0.3 is 14.2 Å². The van der Waals surface area contributed by atoms with Crippen LogP contribution in [0.2, 0.25) is 0 Å². The zero-order valence-corrected chi connectivity index (χ0v) is 16.6. The maximum Gasteiger partial charge on any atom is 0.316 e. The van der Waals surface area contributed by atoms with E-state index in [9.17, 15) is 9.59 Å². The maximum atomic E-state index is 13.3. The fourth-order valence-electron chi connectivity index (χ4n) is 4.19. The number of aromatic nitrogens is 3. The fourth-order valence-corrected chi connectivity index (χ4v) is 4.19. The summed E-state index contributed by atoms with van der Waals surface area (Å²) in [4.78, 5) is 27.8. The number of rotatable bonds is 4. The maximum absolute atomic E-state index is 13.3. The monoisotopic (exact) mass is 392 g/mol. The number of carbonyl (C=O) groups is 2. The second-order valence-corrected chi connectivity index (χ2v) is 7.33. The summed E-state index contributed by atoms with van der Waals surface area (Å²) in [5.41, 5.74) is 0.771. The van der Waals surface area contributed by atoms with E-state index in [1.165, 1.54) is 7.11 Å². The minimum Gasteiger partial charge on any atom is -0.468 e. The van der Waals surface area contributed by atoms with Crippen LogP contribution in [0.1, 0.15) is 28.8 Å². The Morgan fingerprint density at radius 3 is 2.31 bits per heavy atom. The lowest BCUT2D eigenvalue weighted by atomic mass is 9.72. The molecule has 2 aromatic heterocycles. The molecule has 1 fully saturated rings. The van der Waals surface area contributed by atoms with Gasteiger partial charge in [-0.3, -0.25) is 14.3 Å². The van der Waals surface area contributed by atoms with Crippen molar-refractivity contribution < 1.29 is 14.3 Å². The van der Waals surface area contributed by atoms with Crippen LogP contribution in [0.15, 0.2) is 61.1 Å². The van der Waals surface area contributed by atoms with Crippen LogP contribution in [-0.4, -0.2) is 51.3 Å². The minimum absolute atomic E-state index is 0.0756. The van der Waals surface area contributed by atoms with Crippen LogP contribution in [0.5, 0.6) is 0 Å². The van der Waals surface area contributed by atoms with Gasteiger partial charge in [-0.1, -0.05) is 30.3 Å². The van der Waals surface area contributed by atoms with Gasteiger partial charge in [0.15, 0.2) is 0 Å². The molecule has 0 saturated carbocycles. The number of carbonyl (C=O) groups excluding carboxylic acids is 2. The second-order valence-electron chi connectivity index (χ2n) is 7.33. The molecule has 4 rings (SSSR count). The molecule has 0 atom stereocenters. The molecule has 3 heterocycles. The first-order chi connectivity index (χ1) is 14.1. The molecule has 0 unspecified atom stereocenters. The third kappa shape index (κ3) is 3.22. The van der Waals surface area contributed by atoms with Crippen LogP contribution in [0.3, 0.4) is 0 Å². The van der Waals surface area contributed by atoms with Crippen LogP contribution in [0.4, 0.5) is 0 Å². The fraction of sp³-hybridized carbons (Fsp3) is 0.318. The molecular formula is C22H24N4O3. The largest absolute Gasteiger partial charge is 0.468 e. The highest BCUT2D eigenvalue weighted by atomic mass is 16.5. The molecule has 0 spiro atoms. The number of hydrogen-bond acceptors (Lipinski definition) is 4. The molecule has 1 aliphatic rings. The summed E-state index contributed by atoms with van der Waals surface area (Å²) in [6.45, 7) is 0.950. The minimum atomic E-state index is -0.717. The summed E-state index contributed by atoms with van der Waals surface area (Å²) in [7, 11) is 3.24. The number of methoxy groups -OCH3 is 1. The van der Waals surface area contributed by atoms with Crippen molar-refractivity contribution in [2.75, 3.05) is 20.2 Å². The van der Waals surface area contributed by atoms with Crippen molar-refractivity contribution in [3.8, 4) is 5.82 Å². The van der Waals surface area contributed by atoms with E-state index in [0.717, 1.165) is 11.4 Å². The van der Waals surface area contributed by atoms with Gasteiger partial charge in [0.1, 0.15) is 11.4 Å². The Hall–Kier alpha value is -3.35. The highest BCUT2D eigenvalue weighted by Gasteiger charge is 2.45. The Morgan fingerprint density at radius 1 is 1.03 bits per heavy atom. The van der Waals surface area contributed by atoms with Crippen molar-refractivity contribution in [2.24, 2.45) is 7.05 Å². The van der Waals surface area contributed by atoms with Crippen molar-refractivity contribution in [1.29, 1.82) is 0 Å². The lowest BCUT2D eigenvalue weighted by Crippen LogP contribution is -2.49. The van der Waals surface area contributed by atoms with E-state index in [4.69, 9.17) is 4.74 Å². The summed E-state index contributed by atoms with van der Waals surface area (Å²) in [6.07, 6.45) is 6.43. The molecule has 0 N–H and O–H groups in total. The van der Waals surface area contributed by atoms with Crippen LogP contribution >= 0.6 is 0 Å². The van der Waals surface area contributed by atoms with Crippen molar-refractivity contribution in [1.82, 2.24) is 19.2 Å². The number of benzene rings is 1. The normalized spacial score (nSPS) is 15.9. The Morgan fingerprint density at radius 2 is 1.69 bits per heavy atom. The van der Waals surface area contributed by atoms with Crippen molar-refractivity contribution in [3.05, 3.63) is 72.2 Å². The first-order valence-electron chi connectivity index (χ1n) is 9.65. The van der Waals surface area contributed by atoms with E-state index in [1.54, 1.807) is 15.8 Å². The summed E-state index contributed by atoms with van der Waals surface area (Å²) < 4.78 is 8.72. The van der Waals surface area contributed by atoms with Crippen LogP contribution < -0.4 is 0 Å². The van der Waals surface area contributed by atoms with E-state index < -0.39 is 5.41 Å². The van der Waals surface area contributed by atoms with Gasteiger partial charge in [-0.05, 0) is 30.5 Å². The topological polar surface area (TPSA) is 69.4 Å². The van der Waals surface area contributed by atoms with Gasteiger partial charge in [-0.25, -0.2) is 0 Å². The van der Waals surface area contributed by atoms with Gasteiger partial charge >= 0.3 is 5.97 Å². The first-order valence-corrected chi connectivity index (χ1v) is 9.65. The zero-order chi connectivity index (χ0) is 20.4. The third-order valence-corrected chi connectivity index (χ3v) is 5.79. The van der Waals surface area contributed by atoms with Gasteiger partial charge in [0.2, 0.25) is 0 Å². The molecule has 0 aliphatic carbocycles. The van der Waals surface area contributed by atoms with Crippen molar-refractivity contribution >= 4 is 11.9 Å². The van der Waals surface area contributed by atoms with Crippen LogP contribution in [0.25, 0.3) is 5.82 Å². The second kappa shape index (κ2) is 7.58. The number of hydrogen-bond donors (Lipinski definition) is 0. The molecule has 0 radical (unpaired) electrons. The quantitative estimate of drug-likeness (QED) is 0.640. The summed E-state index contributed by atoms with van der Waals surface area (Å²) in [6, 6.07) is 13.5. The number of esters is 1. The molecule has 1 saturated heterocycles. The molecule has 150 valence electrons. The van der Waals surface area contributed by atoms with Crippen molar-refractivity contribution in [3.63, 3.8) is 0 Å². The molecule has 1 aromatic carbocycles. The number of aryl methyl sites for hydroxylation is 1. The van der Waals surface area contributed by atoms with E-state index >= 15 is 0 Å². The van der Waals surface area contributed by atoms with E-state index in [2.05, 4.69) is 5.10 Å². The van der Waals surface area contributed by atoms with E-state index in [-0.39, 0.29) is 11.9 Å². The Balaban J connectivity index is 1.58. The molecule has 7 nitrogen and oxygen atoms in total. The molecule has 1 aliphatic heterocycles. The average molecular weight is 392 g/mol. The van der Waals surface area contributed by atoms with Gasteiger partial charge in [0.25, 0.3) is 5.91 Å². The summed E-state index contributed by atoms with van der Waals surface area (Å²) in [5, 5.41) is 4.28. The van der Waals surface area contributed by atoms with Crippen LogP contribution in [0, 0.1) is 0 Å². The lowest BCUT2D eigenvalue weighted by Gasteiger charge is -2.40. The highest BCUT2D eigenvalue weighted by molar-refractivity contribution is 5.97. The van der Waals surface area contributed by atoms with Gasteiger partial charge in [-0.2, -0.15) is 5.10 Å². The predicted molar refractivity (Wildman–Crippen MR) is 108 cm³/mol. The zero-order valence-electron chi connectivity index (χ0n) is 16.6. The van der Waals surface area contributed by atoms with Gasteiger partial charge in [0, 0.05) is 32.5 Å². The smallest absolute Gasteiger partial charge is 0.316 e. The SMILES string of the molecule is COC(=O)C1(c2ccccc2)CCN(C(=O)c2cnn(C)c2-n2cccc2)CC1. The number of ether oxygens (including phenoxy) is 1. The molecule has 1 amide bonds. The molecule has 29 heavy (non-hydrogen) atoms. The molecule has 7 heteroatoms. The molecule has 0 bridgehead atoms. The first kappa shape index (κ1) is 19.0. The average Bonchev–Trinajstić information content (AvgIpc) is 3.42. The van der Waals surface area contributed by atoms with E-state index in [1.807, 2.05) is 66.5 Å². The lowest BCUT2D eigenvalue weighted by molar-refractivity contribution is -0.149.